The van der Waals surface area contributed by atoms with Crippen LogP contribution in [0.5, 0.6) is 0 Å². The third-order valence-electron chi connectivity index (χ3n) is 2.51. The molecule has 2 N–H and O–H groups in total. The molecule has 0 aromatic carbocycles. The zero-order valence-corrected chi connectivity index (χ0v) is 12.7. The lowest BCUT2D eigenvalue weighted by Crippen LogP contribution is -2.39. The zero-order chi connectivity index (χ0) is 13.9. The van der Waals surface area contributed by atoms with Gasteiger partial charge in [0.25, 0.3) is 0 Å². The molecule has 18 heavy (non-hydrogen) atoms. The van der Waals surface area contributed by atoms with Crippen molar-refractivity contribution < 1.29 is 13.2 Å². The zero-order valence-electron chi connectivity index (χ0n) is 11.9. The molecule has 0 saturated carbocycles. The number of hydrogen-bond acceptors (Lipinski definition) is 4. The fourth-order valence-corrected chi connectivity index (χ4v) is 2.42. The molecule has 5 nitrogen and oxygen atoms in total. The molecule has 0 aliphatic heterocycles. The molecule has 0 saturated heterocycles. The minimum absolute atomic E-state index is 0.402. The van der Waals surface area contributed by atoms with E-state index in [0.29, 0.717) is 26.1 Å². The summed E-state index contributed by atoms with van der Waals surface area (Å²) in [4.78, 5) is 0. The van der Waals surface area contributed by atoms with Crippen LogP contribution in [-0.2, 0) is 14.8 Å². The van der Waals surface area contributed by atoms with Crippen molar-refractivity contribution in [2.24, 2.45) is 0 Å². The molecule has 0 aliphatic rings. The predicted octanol–water partition coefficient (Wildman–Crippen LogP) is 1.11. The van der Waals surface area contributed by atoms with Gasteiger partial charge in [0.15, 0.2) is 0 Å². The quantitative estimate of drug-likeness (QED) is 0.526. The number of sulfonamides is 1. The van der Waals surface area contributed by atoms with Crippen molar-refractivity contribution in [1.82, 2.24) is 10.0 Å². The summed E-state index contributed by atoms with van der Waals surface area (Å²) >= 11 is 0. The fraction of sp³-hybridized carbons (Fsp3) is 1.00. The number of ether oxygens (including phenoxy) is 1. The Hall–Kier alpha value is -0.170. The average Bonchev–Trinajstić information content (AvgIpc) is 2.33. The van der Waals surface area contributed by atoms with Crippen LogP contribution in [0.2, 0.25) is 0 Å². The summed E-state index contributed by atoms with van der Waals surface area (Å²) in [5, 5.41) is 2.71. The molecule has 1 atom stereocenters. The summed E-state index contributed by atoms with van der Waals surface area (Å²) < 4.78 is 31.5. The van der Waals surface area contributed by atoms with E-state index in [1.54, 1.807) is 6.92 Å². The van der Waals surface area contributed by atoms with Crippen LogP contribution in [0.25, 0.3) is 0 Å². The van der Waals surface area contributed by atoms with Crippen LogP contribution in [0.4, 0.5) is 0 Å². The Morgan fingerprint density at radius 2 is 1.83 bits per heavy atom. The predicted molar refractivity (Wildman–Crippen MR) is 75.3 cm³/mol. The molecule has 6 heteroatoms. The van der Waals surface area contributed by atoms with Crippen molar-refractivity contribution in [2.75, 3.05) is 32.8 Å². The Kier molecular flexibility index (Phi) is 10.6. The van der Waals surface area contributed by atoms with Gasteiger partial charge in [0.2, 0.25) is 10.0 Å². The highest BCUT2D eigenvalue weighted by Gasteiger charge is 2.18. The lowest BCUT2D eigenvalue weighted by atomic mass is 10.4. The SMILES string of the molecule is CCCNCC(C)S(=O)(=O)NCCCOCCC. The lowest BCUT2D eigenvalue weighted by Gasteiger charge is -2.14. The molecule has 0 fully saturated rings. The van der Waals surface area contributed by atoms with Gasteiger partial charge in [-0.05, 0) is 32.7 Å². The molecule has 0 rings (SSSR count). The van der Waals surface area contributed by atoms with E-state index in [1.165, 1.54) is 0 Å². The van der Waals surface area contributed by atoms with Crippen molar-refractivity contribution in [3.05, 3.63) is 0 Å². The van der Waals surface area contributed by atoms with Gasteiger partial charge in [0.1, 0.15) is 0 Å². The Bertz CT molecular complexity index is 281. The van der Waals surface area contributed by atoms with Crippen molar-refractivity contribution in [3.63, 3.8) is 0 Å². The van der Waals surface area contributed by atoms with E-state index in [0.717, 1.165) is 26.0 Å². The Morgan fingerprint density at radius 1 is 1.11 bits per heavy atom. The van der Waals surface area contributed by atoms with Gasteiger partial charge in [0, 0.05) is 26.3 Å². The largest absolute Gasteiger partial charge is 0.381 e. The van der Waals surface area contributed by atoms with Gasteiger partial charge < -0.3 is 10.1 Å². The molecule has 0 amide bonds. The van der Waals surface area contributed by atoms with Crippen molar-refractivity contribution in [2.45, 2.75) is 45.3 Å². The highest BCUT2D eigenvalue weighted by Crippen LogP contribution is 1.97. The van der Waals surface area contributed by atoms with Crippen LogP contribution in [0.1, 0.15) is 40.0 Å². The normalized spacial score (nSPS) is 13.7. The molecule has 0 aromatic rings. The summed E-state index contributed by atoms with van der Waals surface area (Å²) in [6.07, 6.45) is 2.72. The minimum Gasteiger partial charge on any atom is -0.381 e. The van der Waals surface area contributed by atoms with E-state index in [1.807, 2.05) is 6.92 Å². The fourth-order valence-electron chi connectivity index (χ4n) is 1.37. The van der Waals surface area contributed by atoms with Crippen LogP contribution in [0.15, 0.2) is 0 Å². The van der Waals surface area contributed by atoms with Crippen LogP contribution in [0, 0.1) is 0 Å². The first kappa shape index (κ1) is 17.8. The first-order chi connectivity index (χ1) is 8.54. The molecule has 110 valence electrons. The van der Waals surface area contributed by atoms with Crippen molar-refractivity contribution in [3.8, 4) is 0 Å². The second-order valence-electron chi connectivity index (χ2n) is 4.42. The van der Waals surface area contributed by atoms with E-state index in [2.05, 4.69) is 17.0 Å². The van der Waals surface area contributed by atoms with Gasteiger partial charge in [-0.15, -0.1) is 0 Å². The van der Waals surface area contributed by atoms with Gasteiger partial charge >= 0.3 is 0 Å². The van der Waals surface area contributed by atoms with Gasteiger partial charge in [-0.25, -0.2) is 13.1 Å². The van der Waals surface area contributed by atoms with Crippen molar-refractivity contribution in [1.29, 1.82) is 0 Å². The van der Waals surface area contributed by atoms with Crippen LogP contribution in [-0.4, -0.2) is 46.5 Å². The van der Waals surface area contributed by atoms with Crippen molar-refractivity contribution >= 4 is 10.0 Å². The average molecular weight is 280 g/mol. The molecule has 0 aliphatic carbocycles. The highest BCUT2D eigenvalue weighted by molar-refractivity contribution is 7.90. The van der Waals surface area contributed by atoms with Gasteiger partial charge in [-0.3, -0.25) is 0 Å². The maximum absolute atomic E-state index is 11.8. The Morgan fingerprint density at radius 3 is 2.44 bits per heavy atom. The van der Waals surface area contributed by atoms with E-state index >= 15 is 0 Å². The monoisotopic (exact) mass is 280 g/mol. The molecular formula is C12H28N2O3S. The standard InChI is InChI=1S/C12H28N2O3S/c1-4-7-13-11-12(3)18(15,16)14-8-6-10-17-9-5-2/h12-14H,4-11H2,1-3H3. The molecular weight excluding hydrogens is 252 g/mol. The first-order valence-corrected chi connectivity index (χ1v) is 8.36. The molecule has 1 unspecified atom stereocenters. The third-order valence-corrected chi connectivity index (χ3v) is 4.34. The van der Waals surface area contributed by atoms with E-state index in [4.69, 9.17) is 4.74 Å². The summed E-state index contributed by atoms with van der Waals surface area (Å²) in [7, 11) is -3.20. The number of rotatable bonds is 12. The number of nitrogens with one attached hydrogen (secondary N) is 2. The molecule has 0 heterocycles. The smallest absolute Gasteiger partial charge is 0.215 e. The maximum Gasteiger partial charge on any atom is 0.215 e. The summed E-state index contributed by atoms with van der Waals surface area (Å²) in [5.41, 5.74) is 0. The minimum atomic E-state index is -3.20. The van der Waals surface area contributed by atoms with Crippen LogP contribution < -0.4 is 10.0 Å². The summed E-state index contributed by atoms with van der Waals surface area (Å²) in [5.74, 6) is 0. The summed E-state index contributed by atoms with van der Waals surface area (Å²) in [6.45, 7) is 8.97. The van der Waals surface area contributed by atoms with E-state index < -0.39 is 15.3 Å². The molecule has 0 spiro atoms. The topological polar surface area (TPSA) is 67.4 Å². The maximum atomic E-state index is 11.8. The highest BCUT2D eigenvalue weighted by atomic mass is 32.2. The third kappa shape index (κ3) is 8.85. The Labute approximate surface area is 112 Å². The second-order valence-corrected chi connectivity index (χ2v) is 6.60. The van der Waals surface area contributed by atoms with Gasteiger partial charge in [-0.1, -0.05) is 13.8 Å². The van der Waals surface area contributed by atoms with E-state index in [-0.39, 0.29) is 0 Å². The summed E-state index contributed by atoms with van der Waals surface area (Å²) in [6, 6.07) is 0. The molecule has 0 radical (unpaired) electrons. The second kappa shape index (κ2) is 10.7. The molecule has 0 aromatic heterocycles. The van der Waals surface area contributed by atoms with Gasteiger partial charge in [-0.2, -0.15) is 0 Å². The number of hydrogen-bond donors (Lipinski definition) is 2. The Balaban J connectivity index is 3.71. The van der Waals surface area contributed by atoms with Crippen LogP contribution >= 0.6 is 0 Å². The lowest BCUT2D eigenvalue weighted by molar-refractivity contribution is 0.133. The van der Waals surface area contributed by atoms with E-state index in [9.17, 15) is 8.42 Å². The van der Waals surface area contributed by atoms with Gasteiger partial charge in [0.05, 0.1) is 5.25 Å². The van der Waals surface area contributed by atoms with Crippen LogP contribution in [0.3, 0.4) is 0 Å². The first-order valence-electron chi connectivity index (χ1n) is 6.81. The molecule has 0 bridgehead atoms.